The Morgan fingerprint density at radius 1 is 1.30 bits per heavy atom. The first-order valence-electron chi connectivity index (χ1n) is 8.53. The fourth-order valence-corrected chi connectivity index (χ4v) is 4.55. The number of amides is 1. The van der Waals surface area contributed by atoms with Gasteiger partial charge in [0.1, 0.15) is 0 Å². The summed E-state index contributed by atoms with van der Waals surface area (Å²) in [4.78, 5) is 21.1. The number of nitrogens with zero attached hydrogens (tertiary/aromatic N) is 4. The minimum Gasteiger partial charge on any atom is -0.347 e. The Balaban J connectivity index is 1.51. The van der Waals surface area contributed by atoms with Crippen LogP contribution in [0.15, 0.2) is 6.07 Å². The van der Waals surface area contributed by atoms with Crippen LogP contribution in [0.5, 0.6) is 0 Å². The SMILES string of the molecule is Cc1cc(C)n2nc(C(=O)N[C@@H](C)[C@@H]3C[C@@H]4CC[C@@H]3C4)nc2n1. The molecule has 1 N–H and O–H groups in total. The van der Waals surface area contributed by atoms with Gasteiger partial charge in [0.15, 0.2) is 0 Å². The normalized spacial score (nSPS) is 27.5. The lowest BCUT2D eigenvalue weighted by Crippen LogP contribution is -2.40. The predicted molar refractivity (Wildman–Crippen MR) is 86.1 cm³/mol. The van der Waals surface area contributed by atoms with Crippen molar-refractivity contribution in [3.05, 3.63) is 23.3 Å². The Hall–Kier alpha value is -1.98. The lowest BCUT2D eigenvalue weighted by molar-refractivity contribution is 0.0905. The smallest absolute Gasteiger partial charge is 0.291 e. The van der Waals surface area contributed by atoms with E-state index in [1.807, 2.05) is 19.9 Å². The minimum atomic E-state index is -0.192. The van der Waals surface area contributed by atoms with Gasteiger partial charge in [0.25, 0.3) is 11.7 Å². The molecule has 0 unspecified atom stereocenters. The highest BCUT2D eigenvalue weighted by atomic mass is 16.2. The number of carbonyl (C=O) groups excluding carboxylic acids is 1. The highest BCUT2D eigenvalue weighted by Crippen LogP contribution is 2.49. The second kappa shape index (κ2) is 5.28. The van der Waals surface area contributed by atoms with E-state index in [0.717, 1.165) is 23.2 Å². The van der Waals surface area contributed by atoms with Crippen LogP contribution in [0.4, 0.5) is 0 Å². The van der Waals surface area contributed by atoms with Crippen LogP contribution < -0.4 is 5.32 Å². The number of nitrogens with one attached hydrogen (secondary N) is 1. The van der Waals surface area contributed by atoms with E-state index in [9.17, 15) is 4.79 Å². The van der Waals surface area contributed by atoms with Crippen molar-refractivity contribution in [3.8, 4) is 0 Å². The molecule has 2 aliphatic rings. The van der Waals surface area contributed by atoms with E-state index < -0.39 is 0 Å². The summed E-state index contributed by atoms with van der Waals surface area (Å²) < 4.78 is 1.63. The van der Waals surface area contributed by atoms with Crippen LogP contribution in [0.2, 0.25) is 0 Å². The molecule has 122 valence electrons. The Kier molecular flexibility index (Phi) is 3.36. The van der Waals surface area contributed by atoms with Crippen LogP contribution >= 0.6 is 0 Å². The summed E-state index contributed by atoms with van der Waals surface area (Å²) in [6, 6.07) is 2.11. The second-order valence-corrected chi connectivity index (χ2v) is 7.29. The van der Waals surface area contributed by atoms with Gasteiger partial charge in [-0.2, -0.15) is 4.98 Å². The zero-order valence-corrected chi connectivity index (χ0v) is 13.9. The Morgan fingerprint density at radius 3 is 2.83 bits per heavy atom. The number of aromatic nitrogens is 4. The largest absolute Gasteiger partial charge is 0.347 e. The topological polar surface area (TPSA) is 72.2 Å². The molecule has 2 heterocycles. The highest BCUT2D eigenvalue weighted by Gasteiger charge is 2.42. The molecule has 23 heavy (non-hydrogen) atoms. The summed E-state index contributed by atoms with van der Waals surface area (Å²) in [7, 11) is 0. The van der Waals surface area contributed by atoms with Crippen LogP contribution in [0.1, 0.15) is 54.6 Å². The Labute approximate surface area is 135 Å². The minimum absolute atomic E-state index is 0.181. The van der Waals surface area contributed by atoms with E-state index in [1.165, 1.54) is 25.7 Å². The van der Waals surface area contributed by atoms with Crippen LogP contribution in [0.3, 0.4) is 0 Å². The fourth-order valence-electron chi connectivity index (χ4n) is 4.55. The summed E-state index contributed by atoms with van der Waals surface area (Å²) in [6.45, 7) is 5.97. The van der Waals surface area contributed by atoms with E-state index in [-0.39, 0.29) is 17.8 Å². The summed E-state index contributed by atoms with van der Waals surface area (Å²) >= 11 is 0. The molecule has 2 saturated carbocycles. The molecule has 6 heteroatoms. The van der Waals surface area contributed by atoms with E-state index in [2.05, 4.69) is 27.3 Å². The third-order valence-corrected chi connectivity index (χ3v) is 5.62. The van der Waals surface area contributed by atoms with Gasteiger partial charge < -0.3 is 5.32 Å². The maximum atomic E-state index is 12.5. The lowest BCUT2D eigenvalue weighted by atomic mass is 9.84. The van der Waals surface area contributed by atoms with Crippen molar-refractivity contribution in [2.75, 3.05) is 0 Å². The van der Waals surface area contributed by atoms with Gasteiger partial charge in [-0.05, 0) is 63.9 Å². The van der Waals surface area contributed by atoms with Crippen molar-refractivity contribution >= 4 is 11.7 Å². The van der Waals surface area contributed by atoms with E-state index in [1.54, 1.807) is 4.52 Å². The molecule has 2 aliphatic carbocycles. The molecular formula is C17H23N5O. The van der Waals surface area contributed by atoms with Gasteiger partial charge in [-0.3, -0.25) is 4.79 Å². The Bertz CT molecular complexity index is 768. The number of hydrogen-bond acceptors (Lipinski definition) is 4. The maximum absolute atomic E-state index is 12.5. The van der Waals surface area contributed by atoms with Crippen molar-refractivity contribution in [3.63, 3.8) is 0 Å². The summed E-state index contributed by atoms with van der Waals surface area (Å²) in [6.07, 6.45) is 5.30. The van der Waals surface area contributed by atoms with Gasteiger partial charge in [-0.1, -0.05) is 6.42 Å². The predicted octanol–water partition coefficient (Wildman–Crippen LogP) is 2.30. The fraction of sp³-hybridized carbons (Fsp3) is 0.647. The molecule has 0 spiro atoms. The third-order valence-electron chi connectivity index (χ3n) is 5.62. The molecule has 2 aromatic heterocycles. The van der Waals surface area contributed by atoms with Crippen LogP contribution in [-0.2, 0) is 0 Å². The monoisotopic (exact) mass is 313 g/mol. The van der Waals surface area contributed by atoms with Gasteiger partial charge in [-0.25, -0.2) is 9.50 Å². The van der Waals surface area contributed by atoms with Gasteiger partial charge in [0.05, 0.1) is 0 Å². The zero-order valence-electron chi connectivity index (χ0n) is 13.9. The average molecular weight is 313 g/mol. The van der Waals surface area contributed by atoms with Gasteiger partial charge in [0, 0.05) is 17.4 Å². The molecule has 0 aliphatic heterocycles. The van der Waals surface area contributed by atoms with Crippen LogP contribution in [0, 0.1) is 31.6 Å². The summed E-state index contributed by atoms with van der Waals surface area (Å²) in [5.74, 6) is 2.78. The molecular weight excluding hydrogens is 290 g/mol. The van der Waals surface area contributed by atoms with Crippen LogP contribution in [-0.4, -0.2) is 31.5 Å². The average Bonchev–Trinajstić information content (AvgIpc) is 3.21. The quantitative estimate of drug-likeness (QED) is 0.943. The van der Waals surface area contributed by atoms with Crippen molar-refractivity contribution in [2.45, 2.75) is 52.5 Å². The molecule has 2 aromatic rings. The van der Waals surface area contributed by atoms with Crippen LogP contribution in [0.25, 0.3) is 5.78 Å². The molecule has 0 saturated heterocycles. The van der Waals surface area contributed by atoms with Gasteiger partial charge >= 0.3 is 0 Å². The number of fused-ring (bicyclic) bond motifs is 3. The number of rotatable bonds is 3. The van der Waals surface area contributed by atoms with Gasteiger partial charge in [0.2, 0.25) is 5.82 Å². The first-order chi connectivity index (χ1) is 11.0. The first kappa shape index (κ1) is 14.6. The van der Waals surface area contributed by atoms with E-state index in [0.29, 0.717) is 11.7 Å². The number of aryl methyl sites for hydroxylation is 2. The van der Waals surface area contributed by atoms with Crippen molar-refractivity contribution < 1.29 is 4.79 Å². The third kappa shape index (κ3) is 2.50. The van der Waals surface area contributed by atoms with Crippen molar-refractivity contribution in [1.29, 1.82) is 0 Å². The second-order valence-electron chi connectivity index (χ2n) is 7.29. The van der Waals surface area contributed by atoms with Crippen molar-refractivity contribution in [1.82, 2.24) is 24.9 Å². The number of hydrogen-bond donors (Lipinski definition) is 1. The number of carbonyl (C=O) groups is 1. The molecule has 1 amide bonds. The lowest BCUT2D eigenvalue weighted by Gasteiger charge is -2.28. The van der Waals surface area contributed by atoms with E-state index >= 15 is 0 Å². The van der Waals surface area contributed by atoms with Crippen molar-refractivity contribution in [2.24, 2.45) is 17.8 Å². The summed E-state index contributed by atoms with van der Waals surface area (Å²) in [5.41, 5.74) is 1.81. The molecule has 2 fully saturated rings. The highest BCUT2D eigenvalue weighted by molar-refractivity contribution is 5.91. The summed E-state index contributed by atoms with van der Waals surface area (Å²) in [5, 5.41) is 7.42. The standard InChI is InChI=1S/C17H23N5O/c1-9-6-10(2)22-17(18-9)20-15(21-22)16(23)19-11(3)14-8-12-4-5-13(14)7-12/h6,11-14H,4-5,7-8H2,1-3H3,(H,19,23)/t11-,12+,13+,14-/m0/s1. The molecule has 0 aromatic carbocycles. The molecule has 2 bridgehead atoms. The maximum Gasteiger partial charge on any atom is 0.291 e. The van der Waals surface area contributed by atoms with E-state index in [4.69, 9.17) is 0 Å². The molecule has 0 radical (unpaired) electrons. The molecule has 4 atom stereocenters. The molecule has 6 nitrogen and oxygen atoms in total. The van der Waals surface area contributed by atoms with Gasteiger partial charge in [-0.15, -0.1) is 5.10 Å². The Morgan fingerprint density at radius 2 is 2.13 bits per heavy atom. The molecule has 4 rings (SSSR count). The first-order valence-corrected chi connectivity index (χ1v) is 8.53. The zero-order chi connectivity index (χ0) is 16.1.